The van der Waals surface area contributed by atoms with Gasteiger partial charge < -0.3 is 10.6 Å². The van der Waals surface area contributed by atoms with Gasteiger partial charge in [0.25, 0.3) is 10.2 Å². The van der Waals surface area contributed by atoms with Gasteiger partial charge in [0.1, 0.15) is 17.9 Å². The highest BCUT2D eigenvalue weighted by atomic mass is 35.5. The lowest BCUT2D eigenvalue weighted by Gasteiger charge is -2.35. The van der Waals surface area contributed by atoms with Crippen LogP contribution in [-0.4, -0.2) is 43.7 Å². The summed E-state index contributed by atoms with van der Waals surface area (Å²) in [4.78, 5) is 25.7. The molecule has 3 aromatic rings. The van der Waals surface area contributed by atoms with Gasteiger partial charge in [-0.1, -0.05) is 54.1 Å². The molecule has 2 unspecified atom stereocenters. The van der Waals surface area contributed by atoms with Crippen LogP contribution in [0.4, 0.5) is 15.8 Å². The van der Waals surface area contributed by atoms with E-state index in [1.54, 1.807) is 12.1 Å². The van der Waals surface area contributed by atoms with Crippen LogP contribution in [0.2, 0.25) is 5.02 Å². The van der Waals surface area contributed by atoms with Gasteiger partial charge in [-0.3, -0.25) is 9.59 Å². The first-order chi connectivity index (χ1) is 16.6. The minimum Gasteiger partial charge on any atom is -0.325 e. The summed E-state index contributed by atoms with van der Waals surface area (Å²) in [6.07, 6.45) is -0.121. The largest absolute Gasteiger partial charge is 0.325 e. The zero-order valence-electron chi connectivity index (χ0n) is 18.5. The van der Waals surface area contributed by atoms with Gasteiger partial charge in [-0.25, -0.2) is 4.39 Å². The topological polar surface area (TPSA) is 108 Å². The predicted octanol–water partition coefficient (Wildman–Crippen LogP) is 3.63. The number of nitrogens with zero attached hydrogens (tertiary/aromatic N) is 1. The summed E-state index contributed by atoms with van der Waals surface area (Å²) in [6.45, 7) is 0. The maximum absolute atomic E-state index is 13.4. The molecular weight excluding hydrogens is 495 g/mol. The van der Waals surface area contributed by atoms with Crippen LogP contribution in [0.1, 0.15) is 6.42 Å². The summed E-state index contributed by atoms with van der Waals surface area (Å²) in [5, 5.41) is 5.02. The summed E-state index contributed by atoms with van der Waals surface area (Å²) < 4.78 is 41.8. The van der Waals surface area contributed by atoms with Crippen molar-refractivity contribution in [2.24, 2.45) is 0 Å². The van der Waals surface area contributed by atoms with E-state index in [4.69, 9.17) is 11.6 Å². The third-order valence-corrected chi connectivity index (χ3v) is 7.52. The Kier molecular flexibility index (Phi) is 7.18. The Labute approximate surface area is 207 Å². The molecule has 2 atom stereocenters. The van der Waals surface area contributed by atoms with Gasteiger partial charge in [-0.15, -0.1) is 0 Å². The first kappa shape index (κ1) is 24.8. The van der Waals surface area contributed by atoms with Gasteiger partial charge in [0.2, 0.25) is 11.8 Å². The summed E-state index contributed by atoms with van der Waals surface area (Å²) in [6, 6.07) is 18.1. The first-order valence-electron chi connectivity index (χ1n) is 10.6. The Morgan fingerprint density at radius 3 is 2.20 bits per heavy atom. The van der Waals surface area contributed by atoms with Gasteiger partial charge in [-0.05, 0) is 47.9 Å². The number of rotatable bonds is 5. The lowest BCUT2D eigenvalue weighted by Crippen LogP contribution is -2.61. The predicted molar refractivity (Wildman–Crippen MR) is 133 cm³/mol. The van der Waals surface area contributed by atoms with Crippen molar-refractivity contribution in [3.8, 4) is 11.1 Å². The molecule has 35 heavy (non-hydrogen) atoms. The molecule has 1 aliphatic heterocycles. The molecule has 1 heterocycles. The van der Waals surface area contributed by atoms with Gasteiger partial charge in [-0.2, -0.15) is 17.4 Å². The van der Waals surface area contributed by atoms with Crippen molar-refractivity contribution in [3.63, 3.8) is 0 Å². The molecule has 8 nitrogen and oxygen atoms in total. The number of hydrogen-bond acceptors (Lipinski definition) is 4. The average molecular weight is 517 g/mol. The van der Waals surface area contributed by atoms with Crippen molar-refractivity contribution in [2.75, 3.05) is 17.7 Å². The molecule has 1 fully saturated rings. The van der Waals surface area contributed by atoms with E-state index in [1.807, 2.05) is 42.5 Å². The number of amides is 2. The van der Waals surface area contributed by atoms with Crippen molar-refractivity contribution < 1.29 is 22.4 Å². The molecule has 3 N–H and O–H groups in total. The number of nitrogens with one attached hydrogen (secondary N) is 3. The zero-order chi connectivity index (χ0) is 25.2. The smallest absolute Gasteiger partial charge is 0.280 e. The molecule has 0 aliphatic carbocycles. The highest BCUT2D eigenvalue weighted by molar-refractivity contribution is 7.87. The Morgan fingerprint density at radius 1 is 0.943 bits per heavy atom. The van der Waals surface area contributed by atoms with E-state index in [1.165, 1.54) is 19.2 Å². The molecule has 0 aromatic heterocycles. The normalized spacial score (nSPS) is 19.6. The minimum absolute atomic E-state index is 0.121. The zero-order valence-corrected chi connectivity index (χ0v) is 20.1. The number of benzene rings is 3. The number of likely N-dealkylation sites (N-methyl/N-ethyl adjacent to an activating group) is 1. The molecule has 11 heteroatoms. The standard InChI is InChI=1S/C24H22ClFN4O4S/c1-30-22(24(32)28-18-11-12-20(26)19(25)13-18)14-21(29-35(30,33)34)23(31)27-17-9-7-16(8-10-17)15-5-3-2-4-6-15/h2-13,21-22,29H,14H2,1H3,(H,27,31)(H,28,32). The van der Waals surface area contributed by atoms with Crippen molar-refractivity contribution in [1.29, 1.82) is 0 Å². The van der Waals surface area contributed by atoms with E-state index in [0.717, 1.165) is 21.5 Å². The second-order valence-corrected chi connectivity index (χ2v) is 10.2. The molecule has 0 bridgehead atoms. The fourth-order valence-corrected chi connectivity index (χ4v) is 5.11. The fourth-order valence-electron chi connectivity index (χ4n) is 3.69. The van der Waals surface area contributed by atoms with Crippen LogP contribution in [0.5, 0.6) is 0 Å². The van der Waals surface area contributed by atoms with Crippen LogP contribution in [0, 0.1) is 5.82 Å². The lowest BCUT2D eigenvalue weighted by atomic mass is 10.0. The molecule has 0 saturated carbocycles. The van der Waals surface area contributed by atoms with Crippen molar-refractivity contribution in [2.45, 2.75) is 18.5 Å². The van der Waals surface area contributed by atoms with Gasteiger partial charge in [0, 0.05) is 18.4 Å². The van der Waals surface area contributed by atoms with E-state index < -0.39 is 39.9 Å². The molecule has 1 aliphatic rings. The highest BCUT2D eigenvalue weighted by Gasteiger charge is 2.42. The van der Waals surface area contributed by atoms with Crippen LogP contribution in [0.3, 0.4) is 0 Å². The van der Waals surface area contributed by atoms with Gasteiger partial charge in [0.05, 0.1) is 5.02 Å². The molecule has 0 spiro atoms. The van der Waals surface area contributed by atoms with Crippen LogP contribution < -0.4 is 15.4 Å². The SMILES string of the molecule is CN1C(C(=O)Nc2ccc(F)c(Cl)c2)CC(C(=O)Nc2ccc(-c3ccccc3)cc2)NS1(=O)=O. The first-order valence-corrected chi connectivity index (χ1v) is 12.4. The molecule has 182 valence electrons. The van der Waals surface area contributed by atoms with Crippen molar-refractivity contribution >= 4 is 45.0 Å². The van der Waals surface area contributed by atoms with Crippen molar-refractivity contribution in [3.05, 3.63) is 83.6 Å². The second kappa shape index (κ2) is 10.1. The third kappa shape index (κ3) is 5.68. The average Bonchev–Trinajstić information content (AvgIpc) is 2.84. The van der Waals surface area contributed by atoms with E-state index in [2.05, 4.69) is 15.4 Å². The van der Waals surface area contributed by atoms with Crippen molar-refractivity contribution in [1.82, 2.24) is 9.03 Å². The number of hydrogen-bond donors (Lipinski definition) is 3. The van der Waals surface area contributed by atoms with Gasteiger partial charge >= 0.3 is 0 Å². The Balaban J connectivity index is 1.46. The van der Waals surface area contributed by atoms with Gasteiger partial charge in [0.15, 0.2) is 0 Å². The minimum atomic E-state index is -4.12. The Morgan fingerprint density at radius 2 is 1.54 bits per heavy atom. The summed E-state index contributed by atoms with van der Waals surface area (Å²) >= 11 is 5.75. The lowest BCUT2D eigenvalue weighted by molar-refractivity contribution is -0.121. The quantitative estimate of drug-likeness (QED) is 0.481. The summed E-state index contributed by atoms with van der Waals surface area (Å²) in [5.41, 5.74) is 2.66. The number of carbonyl (C=O) groups is 2. The van der Waals surface area contributed by atoms with Crippen LogP contribution in [0.15, 0.2) is 72.8 Å². The summed E-state index contributed by atoms with van der Waals surface area (Å²) in [7, 11) is -2.88. The molecule has 3 aromatic carbocycles. The van der Waals surface area contributed by atoms with Crippen LogP contribution in [0.25, 0.3) is 11.1 Å². The van der Waals surface area contributed by atoms with E-state index >= 15 is 0 Å². The maximum Gasteiger partial charge on any atom is 0.280 e. The Bertz CT molecular complexity index is 1350. The molecule has 0 radical (unpaired) electrons. The number of carbonyl (C=O) groups excluding carboxylic acids is 2. The highest BCUT2D eigenvalue weighted by Crippen LogP contribution is 2.24. The monoisotopic (exact) mass is 516 g/mol. The molecular formula is C24H22ClFN4O4S. The third-order valence-electron chi connectivity index (χ3n) is 5.63. The Hall–Kier alpha value is -3.31. The van der Waals surface area contributed by atoms with Crippen LogP contribution in [-0.2, 0) is 19.8 Å². The number of halogens is 2. The van der Waals surface area contributed by atoms with Crippen LogP contribution >= 0.6 is 11.6 Å². The maximum atomic E-state index is 13.4. The molecule has 2 amide bonds. The summed E-state index contributed by atoms with van der Waals surface area (Å²) in [5.74, 6) is -1.93. The molecule has 1 saturated heterocycles. The van der Waals surface area contributed by atoms with E-state index in [-0.39, 0.29) is 17.1 Å². The second-order valence-electron chi connectivity index (χ2n) is 7.99. The van der Waals surface area contributed by atoms with E-state index in [9.17, 15) is 22.4 Å². The van der Waals surface area contributed by atoms with E-state index in [0.29, 0.717) is 5.69 Å². The molecule has 4 rings (SSSR count). The number of anilines is 2. The fraction of sp³-hybridized carbons (Fsp3) is 0.167.